The fourth-order valence-corrected chi connectivity index (χ4v) is 2.58. The SMILES string of the molecule is COC(=O)C12C=CC(C)(O1)c1ccccc12. The lowest BCUT2D eigenvalue weighted by Gasteiger charge is -2.21. The summed E-state index contributed by atoms with van der Waals surface area (Å²) in [5, 5.41) is 0. The van der Waals surface area contributed by atoms with Crippen molar-refractivity contribution in [3.05, 3.63) is 47.5 Å². The van der Waals surface area contributed by atoms with Crippen LogP contribution >= 0.6 is 0 Å². The molecule has 2 bridgehead atoms. The van der Waals surface area contributed by atoms with Gasteiger partial charge in [0.1, 0.15) is 5.60 Å². The first-order chi connectivity index (χ1) is 7.62. The zero-order valence-electron chi connectivity index (χ0n) is 9.19. The van der Waals surface area contributed by atoms with Gasteiger partial charge in [0.15, 0.2) is 0 Å². The first kappa shape index (κ1) is 9.60. The Morgan fingerprint density at radius 1 is 1.25 bits per heavy atom. The summed E-state index contributed by atoms with van der Waals surface area (Å²) < 4.78 is 10.7. The molecule has 2 heterocycles. The fourth-order valence-electron chi connectivity index (χ4n) is 2.58. The number of esters is 1. The average molecular weight is 216 g/mol. The monoisotopic (exact) mass is 216 g/mol. The predicted octanol–water partition coefficient (Wildman–Crippen LogP) is 1.87. The molecule has 1 aromatic carbocycles. The van der Waals surface area contributed by atoms with E-state index >= 15 is 0 Å². The molecule has 3 rings (SSSR count). The summed E-state index contributed by atoms with van der Waals surface area (Å²) in [4.78, 5) is 11.9. The largest absolute Gasteiger partial charge is 0.466 e. The van der Waals surface area contributed by atoms with Crippen LogP contribution in [-0.2, 0) is 25.5 Å². The predicted molar refractivity (Wildman–Crippen MR) is 57.7 cm³/mol. The van der Waals surface area contributed by atoms with E-state index in [1.54, 1.807) is 6.08 Å². The topological polar surface area (TPSA) is 35.5 Å². The lowest BCUT2D eigenvalue weighted by Crippen LogP contribution is -2.33. The molecule has 0 amide bonds. The highest BCUT2D eigenvalue weighted by atomic mass is 16.6. The molecule has 0 saturated carbocycles. The summed E-state index contributed by atoms with van der Waals surface area (Å²) in [5.74, 6) is -0.363. The van der Waals surface area contributed by atoms with E-state index in [0.29, 0.717) is 0 Å². The van der Waals surface area contributed by atoms with Crippen LogP contribution in [-0.4, -0.2) is 13.1 Å². The molecule has 0 saturated heterocycles. The smallest absolute Gasteiger partial charge is 0.347 e. The number of hydrogen-bond acceptors (Lipinski definition) is 3. The Kier molecular flexibility index (Phi) is 1.64. The third kappa shape index (κ3) is 0.895. The Morgan fingerprint density at radius 2 is 1.94 bits per heavy atom. The number of benzene rings is 1. The highest BCUT2D eigenvalue weighted by Gasteiger charge is 2.58. The van der Waals surface area contributed by atoms with Crippen molar-refractivity contribution in [2.75, 3.05) is 7.11 Å². The van der Waals surface area contributed by atoms with Gasteiger partial charge in [0.05, 0.1) is 7.11 Å². The summed E-state index contributed by atoms with van der Waals surface area (Å²) >= 11 is 0. The highest BCUT2D eigenvalue weighted by Crippen LogP contribution is 2.54. The summed E-state index contributed by atoms with van der Waals surface area (Å²) in [7, 11) is 1.38. The second-order valence-electron chi connectivity index (χ2n) is 4.32. The molecular weight excluding hydrogens is 204 g/mol. The zero-order chi connectivity index (χ0) is 11.4. The Labute approximate surface area is 93.7 Å². The quantitative estimate of drug-likeness (QED) is 0.531. The standard InChI is InChI=1S/C13H12O3/c1-12-7-8-13(16-12,11(14)15-2)10-6-4-3-5-9(10)12/h3-8H,1-2H3. The minimum atomic E-state index is -1.03. The van der Waals surface area contributed by atoms with Crippen molar-refractivity contribution in [1.29, 1.82) is 0 Å². The van der Waals surface area contributed by atoms with Gasteiger partial charge in [0, 0.05) is 5.56 Å². The minimum absolute atomic E-state index is 0.363. The first-order valence-electron chi connectivity index (χ1n) is 5.21. The maximum Gasteiger partial charge on any atom is 0.347 e. The molecule has 0 aliphatic carbocycles. The van der Waals surface area contributed by atoms with E-state index in [1.165, 1.54) is 7.11 Å². The van der Waals surface area contributed by atoms with Crippen molar-refractivity contribution in [3.8, 4) is 0 Å². The zero-order valence-corrected chi connectivity index (χ0v) is 9.19. The summed E-state index contributed by atoms with van der Waals surface area (Å²) in [6.45, 7) is 1.96. The lowest BCUT2D eigenvalue weighted by atomic mass is 9.83. The second kappa shape index (κ2) is 2.74. The molecule has 0 N–H and O–H groups in total. The molecule has 3 heteroatoms. The van der Waals surface area contributed by atoms with Crippen LogP contribution in [0, 0.1) is 0 Å². The summed E-state index contributed by atoms with van der Waals surface area (Å²) in [6.07, 6.45) is 3.72. The van der Waals surface area contributed by atoms with Crippen molar-refractivity contribution in [2.24, 2.45) is 0 Å². The third-order valence-corrected chi connectivity index (χ3v) is 3.36. The van der Waals surface area contributed by atoms with Crippen LogP contribution in [0.4, 0.5) is 0 Å². The molecule has 16 heavy (non-hydrogen) atoms. The average Bonchev–Trinajstić information content (AvgIpc) is 2.80. The molecule has 2 atom stereocenters. The van der Waals surface area contributed by atoms with E-state index in [9.17, 15) is 4.79 Å². The summed E-state index contributed by atoms with van der Waals surface area (Å²) in [6, 6.07) is 7.77. The van der Waals surface area contributed by atoms with Crippen molar-refractivity contribution in [1.82, 2.24) is 0 Å². The molecule has 1 aromatic rings. The van der Waals surface area contributed by atoms with E-state index in [4.69, 9.17) is 9.47 Å². The van der Waals surface area contributed by atoms with Crippen LogP contribution < -0.4 is 0 Å². The second-order valence-corrected chi connectivity index (χ2v) is 4.32. The third-order valence-electron chi connectivity index (χ3n) is 3.36. The van der Waals surface area contributed by atoms with E-state index in [2.05, 4.69) is 0 Å². The van der Waals surface area contributed by atoms with Crippen LogP contribution in [0.1, 0.15) is 18.1 Å². The maximum absolute atomic E-state index is 11.9. The summed E-state index contributed by atoms with van der Waals surface area (Å²) in [5.41, 5.74) is 0.417. The fraction of sp³-hybridized carbons (Fsp3) is 0.308. The van der Waals surface area contributed by atoms with Gasteiger partial charge in [0.2, 0.25) is 5.60 Å². The van der Waals surface area contributed by atoms with E-state index in [0.717, 1.165) is 11.1 Å². The Balaban J connectivity index is 2.26. The Hall–Kier alpha value is -1.61. The number of carbonyl (C=O) groups is 1. The Morgan fingerprint density at radius 3 is 2.62 bits per heavy atom. The first-order valence-corrected chi connectivity index (χ1v) is 5.21. The number of ether oxygens (including phenoxy) is 2. The molecule has 0 aromatic heterocycles. The molecule has 3 nitrogen and oxygen atoms in total. The number of fused-ring (bicyclic) bond motifs is 5. The van der Waals surface area contributed by atoms with Crippen LogP contribution in [0.3, 0.4) is 0 Å². The van der Waals surface area contributed by atoms with Crippen LogP contribution in [0.2, 0.25) is 0 Å². The van der Waals surface area contributed by atoms with Gasteiger partial charge < -0.3 is 9.47 Å². The van der Waals surface area contributed by atoms with E-state index in [1.807, 2.05) is 37.3 Å². The van der Waals surface area contributed by atoms with Crippen molar-refractivity contribution in [3.63, 3.8) is 0 Å². The van der Waals surface area contributed by atoms with Gasteiger partial charge in [-0.15, -0.1) is 0 Å². The van der Waals surface area contributed by atoms with Gasteiger partial charge in [-0.3, -0.25) is 0 Å². The lowest BCUT2D eigenvalue weighted by molar-refractivity contribution is -0.168. The van der Waals surface area contributed by atoms with Crippen molar-refractivity contribution in [2.45, 2.75) is 18.1 Å². The Bertz CT molecular complexity index is 506. The normalized spacial score (nSPS) is 33.9. The number of hydrogen-bond donors (Lipinski definition) is 0. The number of carbonyl (C=O) groups excluding carboxylic acids is 1. The minimum Gasteiger partial charge on any atom is -0.466 e. The van der Waals surface area contributed by atoms with Gasteiger partial charge in [-0.25, -0.2) is 4.79 Å². The van der Waals surface area contributed by atoms with E-state index in [-0.39, 0.29) is 5.97 Å². The molecule has 2 aliphatic heterocycles. The number of rotatable bonds is 1. The van der Waals surface area contributed by atoms with Gasteiger partial charge in [-0.2, -0.15) is 0 Å². The van der Waals surface area contributed by atoms with Gasteiger partial charge in [-0.1, -0.05) is 24.3 Å². The number of methoxy groups -OCH3 is 1. The van der Waals surface area contributed by atoms with Crippen LogP contribution in [0.15, 0.2) is 36.4 Å². The molecule has 2 aliphatic rings. The molecule has 0 spiro atoms. The maximum atomic E-state index is 11.9. The van der Waals surface area contributed by atoms with Crippen molar-refractivity contribution >= 4 is 5.97 Å². The van der Waals surface area contributed by atoms with E-state index < -0.39 is 11.2 Å². The molecule has 0 radical (unpaired) electrons. The van der Waals surface area contributed by atoms with Crippen molar-refractivity contribution < 1.29 is 14.3 Å². The van der Waals surface area contributed by atoms with Gasteiger partial charge in [0.25, 0.3) is 0 Å². The van der Waals surface area contributed by atoms with Gasteiger partial charge >= 0.3 is 5.97 Å². The highest BCUT2D eigenvalue weighted by molar-refractivity contribution is 5.87. The molecular formula is C13H12O3. The molecule has 2 unspecified atom stereocenters. The van der Waals surface area contributed by atoms with Gasteiger partial charge in [-0.05, 0) is 24.6 Å². The molecule has 82 valence electrons. The van der Waals surface area contributed by atoms with Crippen LogP contribution in [0.25, 0.3) is 0 Å². The molecule has 0 fully saturated rings. The van der Waals surface area contributed by atoms with Crippen LogP contribution in [0.5, 0.6) is 0 Å².